The van der Waals surface area contributed by atoms with E-state index in [0.29, 0.717) is 16.7 Å². The van der Waals surface area contributed by atoms with Crippen LogP contribution in [0.5, 0.6) is 0 Å². The smallest absolute Gasteiger partial charge is 0.419 e. The van der Waals surface area contributed by atoms with Crippen molar-refractivity contribution in [2.75, 3.05) is 14.2 Å². The molecule has 0 N–H and O–H groups in total. The maximum atomic E-state index is 13.8. The Morgan fingerprint density at radius 1 is 1.03 bits per heavy atom. The second kappa shape index (κ2) is 10.1. The number of carbonyl (C=O) groups excluding carboxylic acids is 1. The normalized spacial score (nSPS) is 12.5. The zero-order valence-corrected chi connectivity index (χ0v) is 17.2. The molecule has 0 atom stereocenters. The van der Waals surface area contributed by atoms with Gasteiger partial charge in [0.15, 0.2) is 5.71 Å². The Balaban J connectivity index is 2.37. The molecule has 0 unspecified atom stereocenters. The molecule has 0 aromatic heterocycles. The van der Waals surface area contributed by atoms with Gasteiger partial charge < -0.3 is 14.4 Å². The van der Waals surface area contributed by atoms with E-state index in [1.165, 1.54) is 21.1 Å². The number of halogens is 4. The molecule has 2 aromatic rings. The number of benzene rings is 2. The van der Waals surface area contributed by atoms with Crippen molar-refractivity contribution in [3.63, 3.8) is 0 Å². The summed E-state index contributed by atoms with van der Waals surface area (Å²) in [4.78, 5) is 22.0. The maximum absolute atomic E-state index is 13.8. The van der Waals surface area contributed by atoms with Gasteiger partial charge in [0, 0.05) is 16.7 Å². The summed E-state index contributed by atoms with van der Waals surface area (Å²) in [6.45, 7) is 2.82. The first-order valence-electron chi connectivity index (χ1n) is 8.92. The van der Waals surface area contributed by atoms with Gasteiger partial charge in [-0.25, -0.2) is 9.18 Å². The molecule has 6 nitrogen and oxygen atoms in total. The summed E-state index contributed by atoms with van der Waals surface area (Å²) in [6, 6.07) is 8.00. The third-order valence-electron chi connectivity index (χ3n) is 4.32. The van der Waals surface area contributed by atoms with Gasteiger partial charge in [-0.2, -0.15) is 13.2 Å². The van der Waals surface area contributed by atoms with E-state index in [1.807, 2.05) is 0 Å². The molecule has 10 heteroatoms. The largest absolute Gasteiger partial charge is 0.464 e. The van der Waals surface area contributed by atoms with Crippen LogP contribution in [0.2, 0.25) is 0 Å². The summed E-state index contributed by atoms with van der Waals surface area (Å²) in [6.07, 6.45) is -4.90. The summed E-state index contributed by atoms with van der Waals surface area (Å²) < 4.78 is 58.2. The molecule has 0 radical (unpaired) electrons. The minimum atomic E-state index is -4.90. The molecule has 0 aliphatic rings. The first kappa shape index (κ1) is 23.8. The van der Waals surface area contributed by atoms with E-state index in [1.54, 1.807) is 25.1 Å². The zero-order valence-electron chi connectivity index (χ0n) is 17.2. The predicted molar refractivity (Wildman–Crippen MR) is 105 cm³/mol. The highest BCUT2D eigenvalue weighted by Crippen LogP contribution is 2.34. The highest BCUT2D eigenvalue weighted by molar-refractivity contribution is 6.43. The van der Waals surface area contributed by atoms with Gasteiger partial charge in [0.25, 0.3) is 0 Å². The summed E-state index contributed by atoms with van der Waals surface area (Å²) in [7, 11) is 2.45. The van der Waals surface area contributed by atoms with E-state index < -0.39 is 29.1 Å². The van der Waals surface area contributed by atoms with Crippen LogP contribution in [-0.2, 0) is 32.0 Å². The number of alkyl halides is 3. The van der Waals surface area contributed by atoms with E-state index in [4.69, 9.17) is 14.4 Å². The quantitative estimate of drug-likeness (QED) is 0.273. The minimum Gasteiger partial charge on any atom is -0.464 e. The number of methoxy groups -OCH3 is 1. The molecule has 166 valence electrons. The van der Waals surface area contributed by atoms with Crippen LogP contribution in [0.1, 0.15) is 34.7 Å². The fraction of sp³-hybridized carbons (Fsp3) is 0.286. The number of oxime groups is 2. The van der Waals surface area contributed by atoms with Crippen LogP contribution in [0.25, 0.3) is 0 Å². The van der Waals surface area contributed by atoms with Gasteiger partial charge in [-0.15, -0.1) is 0 Å². The van der Waals surface area contributed by atoms with E-state index in [-0.39, 0.29) is 18.0 Å². The molecule has 0 bridgehead atoms. The number of rotatable bonds is 7. The lowest BCUT2D eigenvalue weighted by atomic mass is 9.99. The average Bonchev–Trinajstić information content (AvgIpc) is 2.71. The maximum Gasteiger partial charge on any atom is 0.419 e. The number of hydrogen-bond acceptors (Lipinski definition) is 6. The van der Waals surface area contributed by atoms with Crippen molar-refractivity contribution in [3.8, 4) is 0 Å². The molecule has 0 heterocycles. The van der Waals surface area contributed by atoms with E-state index in [9.17, 15) is 22.4 Å². The number of aryl methyl sites for hydroxylation is 1. The van der Waals surface area contributed by atoms with Gasteiger partial charge >= 0.3 is 12.1 Å². The zero-order chi connectivity index (χ0) is 23.2. The van der Waals surface area contributed by atoms with Gasteiger partial charge in [-0.3, -0.25) is 0 Å². The average molecular weight is 440 g/mol. The summed E-state index contributed by atoms with van der Waals surface area (Å²) in [5.74, 6) is -2.15. The van der Waals surface area contributed by atoms with E-state index in [0.717, 1.165) is 18.2 Å². The van der Waals surface area contributed by atoms with Crippen molar-refractivity contribution in [1.29, 1.82) is 0 Å². The molecule has 0 saturated heterocycles. The van der Waals surface area contributed by atoms with Crippen LogP contribution in [0.4, 0.5) is 17.6 Å². The standard InChI is InChI=1S/C21H20F4N2O4/c1-12-7-5-9-15(19(27-30-4)20(28)29-3)16(12)11-31-26-13(2)14-8-6-10-17(22)18(14)21(23,24)25/h5-10H,11H2,1-4H3/b26-13+,27-19+. The first-order chi connectivity index (χ1) is 14.6. The van der Waals surface area contributed by atoms with Crippen molar-refractivity contribution in [2.24, 2.45) is 10.3 Å². The number of ether oxygens (including phenoxy) is 1. The monoisotopic (exact) mass is 440 g/mol. The molecule has 2 aromatic carbocycles. The van der Waals surface area contributed by atoms with Crippen molar-refractivity contribution >= 4 is 17.4 Å². The number of nitrogens with zero attached hydrogens (tertiary/aromatic N) is 2. The lowest BCUT2D eigenvalue weighted by Crippen LogP contribution is -2.20. The molecular weight excluding hydrogens is 420 g/mol. The Morgan fingerprint density at radius 2 is 1.68 bits per heavy atom. The summed E-state index contributed by atoms with van der Waals surface area (Å²) in [5.41, 5.74) is -0.581. The van der Waals surface area contributed by atoms with Gasteiger partial charge in [0.1, 0.15) is 25.1 Å². The lowest BCUT2D eigenvalue weighted by Gasteiger charge is -2.14. The van der Waals surface area contributed by atoms with Crippen molar-refractivity contribution in [2.45, 2.75) is 26.6 Å². The van der Waals surface area contributed by atoms with Crippen LogP contribution in [0, 0.1) is 12.7 Å². The SMILES string of the molecule is CO/N=C(/C(=O)OC)c1cccc(C)c1CO/N=C(\C)c1cccc(F)c1C(F)(F)F. The summed E-state index contributed by atoms with van der Waals surface area (Å²) >= 11 is 0. The fourth-order valence-electron chi connectivity index (χ4n) is 2.86. The van der Waals surface area contributed by atoms with Gasteiger partial charge in [-0.05, 0) is 25.5 Å². The molecule has 0 fully saturated rings. The Bertz CT molecular complexity index is 1020. The van der Waals surface area contributed by atoms with E-state index in [2.05, 4.69) is 10.3 Å². The first-order valence-corrected chi connectivity index (χ1v) is 8.92. The van der Waals surface area contributed by atoms with Gasteiger partial charge in [-0.1, -0.05) is 40.6 Å². The minimum absolute atomic E-state index is 0.113. The van der Waals surface area contributed by atoms with Crippen LogP contribution in [-0.4, -0.2) is 31.6 Å². The molecule has 0 amide bonds. The number of hydrogen-bond donors (Lipinski definition) is 0. The second-order valence-corrected chi connectivity index (χ2v) is 6.33. The highest BCUT2D eigenvalue weighted by atomic mass is 19.4. The van der Waals surface area contributed by atoms with Crippen LogP contribution >= 0.6 is 0 Å². The molecule has 31 heavy (non-hydrogen) atoms. The Kier molecular flexibility index (Phi) is 7.73. The highest BCUT2D eigenvalue weighted by Gasteiger charge is 2.37. The third-order valence-corrected chi connectivity index (χ3v) is 4.32. The fourth-order valence-corrected chi connectivity index (χ4v) is 2.86. The lowest BCUT2D eigenvalue weighted by molar-refractivity contribution is -0.140. The Hall–Kier alpha value is -3.43. The predicted octanol–water partition coefficient (Wildman–Crippen LogP) is 4.62. The molecule has 0 aliphatic heterocycles. The third kappa shape index (κ3) is 5.59. The van der Waals surface area contributed by atoms with Crippen molar-refractivity contribution in [3.05, 3.63) is 70.0 Å². The topological polar surface area (TPSA) is 69.5 Å². The number of esters is 1. The molecule has 2 rings (SSSR count). The Morgan fingerprint density at radius 3 is 2.29 bits per heavy atom. The Labute approximate surface area is 176 Å². The number of carbonyl (C=O) groups is 1. The van der Waals surface area contributed by atoms with Crippen molar-refractivity contribution in [1.82, 2.24) is 0 Å². The van der Waals surface area contributed by atoms with Crippen LogP contribution in [0.15, 0.2) is 46.7 Å². The van der Waals surface area contributed by atoms with Crippen LogP contribution in [0.3, 0.4) is 0 Å². The van der Waals surface area contributed by atoms with Crippen molar-refractivity contribution < 1.29 is 36.8 Å². The van der Waals surface area contributed by atoms with Gasteiger partial charge in [0.2, 0.25) is 0 Å². The molecule has 0 aliphatic carbocycles. The molecular formula is C21H20F4N2O4. The van der Waals surface area contributed by atoms with Crippen LogP contribution < -0.4 is 0 Å². The van der Waals surface area contributed by atoms with E-state index >= 15 is 0 Å². The molecule has 0 saturated carbocycles. The molecule has 0 spiro atoms. The van der Waals surface area contributed by atoms with Gasteiger partial charge in [0.05, 0.1) is 12.8 Å². The second-order valence-electron chi connectivity index (χ2n) is 6.33. The summed E-state index contributed by atoms with van der Waals surface area (Å²) in [5, 5.41) is 7.41.